The summed E-state index contributed by atoms with van der Waals surface area (Å²) < 4.78 is 7.16. The Morgan fingerprint density at radius 2 is 2.10 bits per heavy atom. The zero-order valence-corrected chi connectivity index (χ0v) is 18.7. The van der Waals surface area contributed by atoms with Crippen LogP contribution in [0, 0.1) is 6.92 Å². The summed E-state index contributed by atoms with van der Waals surface area (Å²) in [4.78, 5) is 6.29. The Morgan fingerprint density at radius 3 is 2.76 bits per heavy atom. The highest BCUT2D eigenvalue weighted by molar-refractivity contribution is 7.10. The molecule has 3 rings (SSSR count). The van der Waals surface area contributed by atoms with Gasteiger partial charge in [0, 0.05) is 44.1 Å². The van der Waals surface area contributed by atoms with E-state index in [0.29, 0.717) is 6.54 Å². The minimum atomic E-state index is 0.211. The normalized spacial score (nSPS) is 16.7. The molecule has 1 fully saturated rings. The SMILES string of the molecule is COCCCNC(=NCc1nnc(C)n1C)NCC1(c2cccs2)CCCCC1. The third-order valence-electron chi connectivity index (χ3n) is 5.83. The van der Waals surface area contributed by atoms with Crippen molar-refractivity contribution < 1.29 is 4.74 Å². The highest BCUT2D eigenvalue weighted by Gasteiger charge is 2.34. The van der Waals surface area contributed by atoms with Crippen LogP contribution in [0.2, 0.25) is 0 Å². The molecule has 8 heteroatoms. The lowest BCUT2D eigenvalue weighted by molar-refractivity contribution is 0.195. The largest absolute Gasteiger partial charge is 0.385 e. The minimum absolute atomic E-state index is 0.211. The van der Waals surface area contributed by atoms with Gasteiger partial charge in [0.25, 0.3) is 0 Å². The standard InChI is InChI=1S/C21H34N6OS/c1-17-25-26-19(27(17)2)15-23-20(22-12-8-13-28-3)24-16-21(10-5-4-6-11-21)18-9-7-14-29-18/h7,9,14H,4-6,8,10-13,15-16H2,1-3H3,(H2,22,23,24). The quantitative estimate of drug-likeness (QED) is 0.372. The lowest BCUT2D eigenvalue weighted by Crippen LogP contribution is -2.46. The van der Waals surface area contributed by atoms with Crippen molar-refractivity contribution in [3.63, 3.8) is 0 Å². The summed E-state index contributed by atoms with van der Waals surface area (Å²) in [5, 5.41) is 17.7. The first-order chi connectivity index (χ1) is 14.1. The van der Waals surface area contributed by atoms with Crippen LogP contribution in [0.1, 0.15) is 55.1 Å². The molecule has 0 aromatic carbocycles. The number of nitrogens with zero attached hydrogens (tertiary/aromatic N) is 4. The first-order valence-electron chi connectivity index (χ1n) is 10.5. The number of aromatic nitrogens is 3. The maximum Gasteiger partial charge on any atom is 0.191 e. The Balaban J connectivity index is 1.69. The van der Waals surface area contributed by atoms with Gasteiger partial charge in [0.05, 0.1) is 0 Å². The lowest BCUT2D eigenvalue weighted by Gasteiger charge is -2.37. The van der Waals surface area contributed by atoms with Gasteiger partial charge in [-0.2, -0.15) is 0 Å². The first kappa shape index (κ1) is 21.8. The van der Waals surface area contributed by atoms with Gasteiger partial charge < -0.3 is 19.9 Å². The number of nitrogens with one attached hydrogen (secondary N) is 2. The molecule has 0 unspecified atom stereocenters. The van der Waals surface area contributed by atoms with Crippen molar-refractivity contribution in [1.82, 2.24) is 25.4 Å². The predicted octanol–water partition coefficient (Wildman–Crippen LogP) is 3.16. The van der Waals surface area contributed by atoms with Gasteiger partial charge in [-0.05, 0) is 37.6 Å². The van der Waals surface area contributed by atoms with E-state index in [1.165, 1.54) is 37.0 Å². The molecule has 0 aliphatic heterocycles. The highest BCUT2D eigenvalue weighted by atomic mass is 32.1. The summed E-state index contributed by atoms with van der Waals surface area (Å²) in [6.45, 7) is 4.92. The summed E-state index contributed by atoms with van der Waals surface area (Å²) >= 11 is 1.88. The molecule has 0 radical (unpaired) electrons. The number of thiophene rings is 1. The Kier molecular flexibility index (Phi) is 8.06. The zero-order chi connectivity index (χ0) is 20.5. The Morgan fingerprint density at radius 1 is 1.28 bits per heavy atom. The number of aliphatic imine (C=N–C) groups is 1. The van der Waals surface area contributed by atoms with E-state index in [4.69, 9.17) is 9.73 Å². The van der Waals surface area contributed by atoms with E-state index < -0.39 is 0 Å². The summed E-state index contributed by atoms with van der Waals surface area (Å²) in [6, 6.07) is 4.47. The number of hydrogen-bond acceptors (Lipinski definition) is 5. The van der Waals surface area contributed by atoms with Crippen molar-refractivity contribution in [2.45, 2.75) is 57.4 Å². The van der Waals surface area contributed by atoms with Crippen molar-refractivity contribution in [3.05, 3.63) is 34.0 Å². The van der Waals surface area contributed by atoms with Crippen LogP contribution in [-0.2, 0) is 23.7 Å². The van der Waals surface area contributed by atoms with E-state index in [1.54, 1.807) is 7.11 Å². The van der Waals surface area contributed by atoms with Crippen LogP contribution < -0.4 is 10.6 Å². The van der Waals surface area contributed by atoms with Gasteiger partial charge in [-0.3, -0.25) is 0 Å². The van der Waals surface area contributed by atoms with E-state index in [0.717, 1.165) is 43.7 Å². The number of ether oxygens (including phenoxy) is 1. The van der Waals surface area contributed by atoms with Gasteiger partial charge in [-0.25, -0.2) is 4.99 Å². The summed E-state index contributed by atoms with van der Waals surface area (Å²) in [6.07, 6.45) is 7.35. The van der Waals surface area contributed by atoms with Crippen LogP contribution in [0.3, 0.4) is 0 Å². The van der Waals surface area contributed by atoms with Crippen LogP contribution in [0.15, 0.2) is 22.5 Å². The molecule has 7 nitrogen and oxygen atoms in total. The third kappa shape index (κ3) is 5.79. The second-order valence-corrected chi connectivity index (χ2v) is 8.78. The summed E-state index contributed by atoms with van der Waals surface area (Å²) in [5.74, 6) is 2.60. The third-order valence-corrected chi connectivity index (χ3v) is 6.94. The van der Waals surface area contributed by atoms with Crippen molar-refractivity contribution in [2.75, 3.05) is 26.8 Å². The van der Waals surface area contributed by atoms with Gasteiger partial charge >= 0.3 is 0 Å². The molecule has 0 bridgehead atoms. The van der Waals surface area contributed by atoms with Gasteiger partial charge in [-0.15, -0.1) is 21.5 Å². The maximum atomic E-state index is 5.17. The molecular formula is C21H34N6OS. The molecule has 2 aromatic heterocycles. The molecule has 0 spiro atoms. The number of guanidine groups is 1. The molecule has 2 heterocycles. The molecule has 0 saturated heterocycles. The molecule has 2 aromatic rings. The first-order valence-corrected chi connectivity index (χ1v) is 11.4. The average Bonchev–Trinajstić information content (AvgIpc) is 3.39. The van der Waals surface area contributed by atoms with Crippen LogP contribution in [0.25, 0.3) is 0 Å². The molecular weight excluding hydrogens is 384 g/mol. The summed E-state index contributed by atoms with van der Waals surface area (Å²) in [5.41, 5.74) is 0.211. The topological polar surface area (TPSA) is 76.4 Å². The van der Waals surface area contributed by atoms with Crippen LogP contribution in [0.4, 0.5) is 0 Å². The molecule has 1 saturated carbocycles. The Hall–Kier alpha value is -1.93. The summed E-state index contributed by atoms with van der Waals surface area (Å²) in [7, 11) is 3.71. The molecule has 1 aliphatic carbocycles. The Bertz CT molecular complexity index is 764. The van der Waals surface area contributed by atoms with Gasteiger partial charge in [0.15, 0.2) is 11.8 Å². The smallest absolute Gasteiger partial charge is 0.191 e. The zero-order valence-electron chi connectivity index (χ0n) is 17.9. The van der Waals surface area contributed by atoms with Crippen molar-refractivity contribution in [3.8, 4) is 0 Å². The van der Waals surface area contributed by atoms with Crippen molar-refractivity contribution >= 4 is 17.3 Å². The van der Waals surface area contributed by atoms with Gasteiger partial charge in [0.1, 0.15) is 12.4 Å². The Labute approximate surface area is 178 Å². The van der Waals surface area contributed by atoms with Crippen molar-refractivity contribution in [1.29, 1.82) is 0 Å². The van der Waals surface area contributed by atoms with Gasteiger partial charge in [-0.1, -0.05) is 25.3 Å². The second kappa shape index (κ2) is 10.7. The van der Waals surface area contributed by atoms with Crippen LogP contribution in [-0.4, -0.2) is 47.5 Å². The van der Waals surface area contributed by atoms with Gasteiger partial charge in [0.2, 0.25) is 0 Å². The van der Waals surface area contributed by atoms with Crippen LogP contribution in [0.5, 0.6) is 0 Å². The molecule has 1 aliphatic rings. The number of methoxy groups -OCH3 is 1. The fourth-order valence-electron chi connectivity index (χ4n) is 3.91. The monoisotopic (exact) mass is 418 g/mol. The molecule has 29 heavy (non-hydrogen) atoms. The molecule has 0 amide bonds. The van der Waals surface area contributed by atoms with Crippen LogP contribution >= 0.6 is 11.3 Å². The average molecular weight is 419 g/mol. The fourth-order valence-corrected chi connectivity index (χ4v) is 4.90. The number of rotatable bonds is 9. The molecule has 2 N–H and O–H groups in total. The van der Waals surface area contributed by atoms with E-state index in [1.807, 2.05) is 29.9 Å². The minimum Gasteiger partial charge on any atom is -0.385 e. The van der Waals surface area contributed by atoms with E-state index in [2.05, 4.69) is 38.3 Å². The highest BCUT2D eigenvalue weighted by Crippen LogP contribution is 2.41. The maximum absolute atomic E-state index is 5.17. The van der Waals surface area contributed by atoms with E-state index >= 15 is 0 Å². The van der Waals surface area contributed by atoms with E-state index in [9.17, 15) is 0 Å². The number of aryl methyl sites for hydroxylation is 1. The fraction of sp³-hybridized carbons (Fsp3) is 0.667. The molecule has 160 valence electrons. The molecule has 0 atom stereocenters. The lowest BCUT2D eigenvalue weighted by atomic mass is 9.73. The van der Waals surface area contributed by atoms with E-state index in [-0.39, 0.29) is 5.41 Å². The second-order valence-electron chi connectivity index (χ2n) is 7.83. The van der Waals surface area contributed by atoms with Crippen molar-refractivity contribution in [2.24, 2.45) is 12.0 Å². The number of hydrogen-bond donors (Lipinski definition) is 2. The predicted molar refractivity (Wildman–Crippen MR) is 118 cm³/mol.